The maximum absolute atomic E-state index is 5.18. The van der Waals surface area contributed by atoms with Crippen molar-refractivity contribution in [3.05, 3.63) is 35.9 Å². The molecule has 4 heteroatoms. The molecule has 0 aliphatic carbocycles. The zero-order chi connectivity index (χ0) is 8.67. The van der Waals surface area contributed by atoms with Crippen molar-refractivity contribution in [1.29, 1.82) is 0 Å². The first kappa shape index (κ1) is 7.18. The van der Waals surface area contributed by atoms with Crippen LogP contribution in [0.2, 0.25) is 0 Å². The van der Waals surface area contributed by atoms with Gasteiger partial charge in [-0.3, -0.25) is 0 Å². The van der Waals surface area contributed by atoms with E-state index in [-0.39, 0.29) is 0 Å². The first-order valence-electron chi connectivity index (χ1n) is 3.91. The summed E-state index contributed by atoms with van der Waals surface area (Å²) in [7, 11) is 0. The summed E-state index contributed by atoms with van der Waals surface area (Å²) in [6.07, 6.45) is 7.75. The van der Waals surface area contributed by atoms with Crippen LogP contribution in [-0.2, 0) is 0 Å². The fourth-order valence-electron chi connectivity index (χ4n) is 1.20. The third-order valence-corrected chi connectivity index (χ3v) is 3.65. The second kappa shape index (κ2) is 2.62. The average Bonchev–Trinajstić information content (AvgIpc) is 2.75. The number of hydrogen-bond donors (Lipinski definition) is 0. The van der Waals surface area contributed by atoms with Gasteiger partial charge in [-0.2, -0.15) is 0 Å². The Morgan fingerprint density at radius 2 is 2.38 bits per heavy atom. The van der Waals surface area contributed by atoms with E-state index in [2.05, 4.69) is 11.3 Å². The molecular formula is C9H6N2OSe. The van der Waals surface area contributed by atoms with Gasteiger partial charge in [0.25, 0.3) is 0 Å². The van der Waals surface area contributed by atoms with Gasteiger partial charge in [-0.15, -0.1) is 0 Å². The molecule has 0 radical (unpaired) electrons. The molecule has 0 N–H and O–H groups in total. The molecule has 4 aromatic rings. The average molecular weight is 237 g/mol. The van der Waals surface area contributed by atoms with Crippen LogP contribution in [0.25, 0.3) is 16.5 Å². The molecule has 13 heavy (non-hydrogen) atoms. The summed E-state index contributed by atoms with van der Waals surface area (Å²) >= 11 is 0.461. The van der Waals surface area contributed by atoms with Crippen molar-refractivity contribution >= 4 is 31.3 Å². The van der Waals surface area contributed by atoms with Crippen molar-refractivity contribution in [2.45, 2.75) is 0 Å². The zero-order valence-electron chi connectivity index (χ0n) is 6.68. The fraction of sp³-hybridized carbons (Fsp3) is 0. The quantitative estimate of drug-likeness (QED) is 0.633. The summed E-state index contributed by atoms with van der Waals surface area (Å²) in [4.78, 5) is 0. The summed E-state index contributed by atoms with van der Waals surface area (Å²) < 4.78 is 8.40. The van der Waals surface area contributed by atoms with Crippen LogP contribution in [0.1, 0.15) is 11.3 Å². The molecule has 3 nitrogen and oxygen atoms in total. The van der Waals surface area contributed by atoms with Gasteiger partial charge in [0, 0.05) is 0 Å². The third kappa shape index (κ3) is 1.15. The van der Waals surface area contributed by atoms with Gasteiger partial charge in [-0.05, 0) is 0 Å². The van der Waals surface area contributed by atoms with E-state index in [1.54, 1.807) is 6.26 Å². The Morgan fingerprint density at radius 3 is 3.00 bits per heavy atom. The number of rotatable bonds is 2. The Hall–Kier alpha value is -1.25. The normalized spacial score (nSPS) is 12.3. The molecule has 2 bridgehead atoms. The van der Waals surface area contributed by atoms with E-state index in [4.69, 9.17) is 4.42 Å². The van der Waals surface area contributed by atoms with Gasteiger partial charge in [0.2, 0.25) is 0 Å². The first-order chi connectivity index (χ1) is 6.42. The molecule has 4 heterocycles. The van der Waals surface area contributed by atoms with Crippen LogP contribution in [0, 0.1) is 0 Å². The molecule has 0 spiro atoms. The van der Waals surface area contributed by atoms with Crippen LogP contribution in [0.4, 0.5) is 0 Å². The summed E-state index contributed by atoms with van der Waals surface area (Å²) in [5, 5.41) is 4.22. The van der Waals surface area contributed by atoms with Gasteiger partial charge in [-0.1, -0.05) is 0 Å². The molecule has 0 amide bonds. The summed E-state index contributed by atoms with van der Waals surface area (Å²) in [6.45, 7) is 0. The predicted molar refractivity (Wildman–Crippen MR) is 51.0 cm³/mol. The molecule has 0 aromatic carbocycles. The van der Waals surface area contributed by atoms with Crippen LogP contribution in [0.3, 0.4) is 0 Å². The van der Waals surface area contributed by atoms with E-state index >= 15 is 0 Å². The van der Waals surface area contributed by atoms with Crippen LogP contribution in [0.15, 0.2) is 29.0 Å². The second-order valence-corrected chi connectivity index (χ2v) is 4.71. The number of nitrogens with zero attached hydrogens (tertiary/aromatic N) is 2. The van der Waals surface area contributed by atoms with Gasteiger partial charge >= 0.3 is 80.2 Å². The van der Waals surface area contributed by atoms with E-state index in [1.807, 2.05) is 27.8 Å². The van der Waals surface area contributed by atoms with E-state index in [0.29, 0.717) is 14.7 Å². The van der Waals surface area contributed by atoms with Gasteiger partial charge in [0.05, 0.1) is 0 Å². The fourth-order valence-corrected chi connectivity index (χ4v) is 2.67. The maximum atomic E-state index is 5.18. The molecule has 4 aromatic heterocycles. The molecule has 0 aliphatic rings. The van der Waals surface area contributed by atoms with Crippen LogP contribution in [-0.4, -0.2) is 23.3 Å². The second-order valence-electron chi connectivity index (χ2n) is 2.73. The Kier molecular flexibility index (Phi) is 1.45. The SMILES string of the molecule is C(=C\c1cn2nc1[se]2)/c1ccco1. The molecule has 0 fully saturated rings. The standard InChI is InChI=1S/C9H6N2OSe/c1-2-8(12-5-1)4-3-7-6-11-10-9(7)13-11/h1-6H/b4-3+. The number of fused-ring (bicyclic) bond motifs is 1. The van der Waals surface area contributed by atoms with Crippen molar-refractivity contribution in [2.75, 3.05) is 0 Å². The zero-order valence-corrected chi connectivity index (χ0v) is 8.39. The molecule has 0 aliphatic heterocycles. The van der Waals surface area contributed by atoms with Crippen molar-refractivity contribution in [3.8, 4) is 0 Å². The summed E-state index contributed by atoms with van der Waals surface area (Å²) in [5.41, 5.74) is 1.22. The topological polar surface area (TPSA) is 30.4 Å². The number of furan rings is 1. The monoisotopic (exact) mass is 238 g/mol. The molecule has 0 atom stereocenters. The van der Waals surface area contributed by atoms with E-state index in [0.717, 1.165) is 5.76 Å². The van der Waals surface area contributed by atoms with Crippen molar-refractivity contribution < 1.29 is 4.42 Å². The molecule has 0 unspecified atom stereocenters. The van der Waals surface area contributed by atoms with Crippen LogP contribution in [0.5, 0.6) is 0 Å². The van der Waals surface area contributed by atoms with Crippen molar-refractivity contribution in [2.24, 2.45) is 0 Å². The third-order valence-electron chi connectivity index (χ3n) is 1.84. The minimum atomic E-state index is 0.461. The predicted octanol–water partition coefficient (Wildman–Crippen LogP) is 1.59. The Labute approximate surface area is 80.6 Å². The molecule has 4 rings (SSSR count). The van der Waals surface area contributed by atoms with Gasteiger partial charge in [-0.25, -0.2) is 0 Å². The molecule has 0 saturated heterocycles. The van der Waals surface area contributed by atoms with Crippen molar-refractivity contribution in [3.63, 3.8) is 0 Å². The minimum absolute atomic E-state index is 0.461. The number of aromatic nitrogens is 2. The summed E-state index contributed by atoms with van der Waals surface area (Å²) in [6, 6.07) is 3.82. The van der Waals surface area contributed by atoms with Gasteiger partial charge in [0.15, 0.2) is 0 Å². The van der Waals surface area contributed by atoms with Crippen molar-refractivity contribution in [1.82, 2.24) is 8.61 Å². The van der Waals surface area contributed by atoms with E-state index in [1.165, 1.54) is 9.95 Å². The van der Waals surface area contributed by atoms with Gasteiger partial charge in [0.1, 0.15) is 0 Å². The van der Waals surface area contributed by atoms with E-state index in [9.17, 15) is 0 Å². The Balaban J connectivity index is 1.91. The Morgan fingerprint density at radius 1 is 1.46 bits per heavy atom. The Bertz CT molecular complexity index is 502. The molecule has 0 saturated carbocycles. The van der Waals surface area contributed by atoms with E-state index < -0.39 is 0 Å². The van der Waals surface area contributed by atoms with Gasteiger partial charge < -0.3 is 0 Å². The molecule has 64 valence electrons. The first-order valence-corrected chi connectivity index (χ1v) is 5.54. The summed E-state index contributed by atoms with van der Waals surface area (Å²) in [5.74, 6) is 0.883. The van der Waals surface area contributed by atoms with Crippen LogP contribution < -0.4 is 0 Å². The molecular weight excluding hydrogens is 231 g/mol. The van der Waals surface area contributed by atoms with Crippen LogP contribution >= 0.6 is 0 Å². The number of hydrogen-bond acceptors (Lipinski definition) is 2.